The zero-order valence-electron chi connectivity index (χ0n) is 10.7. The quantitative estimate of drug-likeness (QED) is 0.500. The lowest BCUT2D eigenvalue weighted by molar-refractivity contribution is -0.155. The van der Waals surface area contributed by atoms with E-state index in [1.165, 1.54) is 0 Å². The first-order chi connectivity index (χ1) is 7.99. The predicted molar refractivity (Wildman–Crippen MR) is 66.0 cm³/mol. The van der Waals surface area contributed by atoms with E-state index in [2.05, 4.69) is 0 Å². The third-order valence-electron chi connectivity index (χ3n) is 1.97. The molecule has 0 saturated carbocycles. The number of ether oxygens (including phenoxy) is 2. The number of carbonyl (C=O) groups excluding carboxylic acids is 2. The van der Waals surface area contributed by atoms with Gasteiger partial charge in [0.25, 0.3) is 0 Å². The van der Waals surface area contributed by atoms with Crippen LogP contribution in [0.2, 0.25) is 0 Å². The molecule has 1 unspecified atom stereocenters. The van der Waals surface area contributed by atoms with Crippen LogP contribution < -0.4 is 0 Å². The van der Waals surface area contributed by atoms with E-state index >= 15 is 0 Å². The molecule has 0 fully saturated rings. The highest BCUT2D eigenvalue weighted by atomic mass is 35.5. The highest BCUT2D eigenvalue weighted by molar-refractivity contribution is 6.18. The van der Waals surface area contributed by atoms with Gasteiger partial charge in [-0.2, -0.15) is 0 Å². The maximum atomic E-state index is 11.3. The Labute approximate surface area is 108 Å². The number of alkyl halides is 1. The Morgan fingerprint density at radius 2 is 1.82 bits per heavy atom. The average molecular weight is 265 g/mol. The zero-order valence-corrected chi connectivity index (χ0v) is 11.5. The maximum Gasteiger partial charge on any atom is 0.309 e. The Bertz CT molecular complexity index is 241. The van der Waals surface area contributed by atoms with E-state index < -0.39 is 12.1 Å². The molecule has 17 heavy (non-hydrogen) atoms. The number of halogens is 1. The molecule has 1 atom stereocenters. The van der Waals surface area contributed by atoms with Crippen LogP contribution >= 0.6 is 11.6 Å². The second kappa shape index (κ2) is 9.28. The fourth-order valence-corrected chi connectivity index (χ4v) is 1.36. The lowest BCUT2D eigenvalue weighted by Gasteiger charge is -2.15. The molecule has 0 N–H and O–H groups in total. The van der Waals surface area contributed by atoms with Gasteiger partial charge in [-0.05, 0) is 20.3 Å². The monoisotopic (exact) mass is 264 g/mol. The van der Waals surface area contributed by atoms with Crippen LogP contribution in [0.3, 0.4) is 0 Å². The Morgan fingerprint density at radius 1 is 1.18 bits per heavy atom. The largest absolute Gasteiger partial charge is 0.463 e. The van der Waals surface area contributed by atoms with Gasteiger partial charge in [-0.1, -0.05) is 13.3 Å². The minimum absolute atomic E-state index is 0.0134. The van der Waals surface area contributed by atoms with E-state index in [0.717, 1.165) is 12.8 Å². The van der Waals surface area contributed by atoms with E-state index in [1.54, 1.807) is 13.8 Å². The molecule has 0 aromatic rings. The van der Waals surface area contributed by atoms with Gasteiger partial charge in [0.2, 0.25) is 0 Å². The van der Waals surface area contributed by atoms with E-state index in [4.69, 9.17) is 21.1 Å². The molecular formula is C12H21ClO4. The third-order valence-corrected chi connectivity index (χ3v) is 2.31. The van der Waals surface area contributed by atoms with Crippen molar-refractivity contribution in [2.24, 2.45) is 0 Å². The molecule has 0 aliphatic rings. The van der Waals surface area contributed by atoms with E-state index in [0.29, 0.717) is 6.42 Å². The second-order valence-electron chi connectivity index (χ2n) is 4.11. The molecule has 0 saturated heterocycles. The Hall–Kier alpha value is -0.770. The molecule has 100 valence electrons. The predicted octanol–water partition coefficient (Wildman–Crippen LogP) is 2.67. The summed E-state index contributed by atoms with van der Waals surface area (Å²) in [4.78, 5) is 22.7. The van der Waals surface area contributed by atoms with Crippen LogP contribution in [0.15, 0.2) is 0 Å². The van der Waals surface area contributed by atoms with Gasteiger partial charge < -0.3 is 9.47 Å². The summed E-state index contributed by atoms with van der Waals surface area (Å²) >= 11 is 5.64. The van der Waals surface area contributed by atoms with Crippen molar-refractivity contribution in [3.8, 4) is 0 Å². The van der Waals surface area contributed by atoms with Gasteiger partial charge in [0.15, 0.2) is 0 Å². The second-order valence-corrected chi connectivity index (χ2v) is 4.42. The van der Waals surface area contributed by atoms with Crippen LogP contribution in [0.4, 0.5) is 0 Å². The number of hydrogen-bond acceptors (Lipinski definition) is 4. The summed E-state index contributed by atoms with van der Waals surface area (Å²) in [6.45, 7) is 5.52. The van der Waals surface area contributed by atoms with Gasteiger partial charge in [0.1, 0.15) is 6.10 Å². The smallest absolute Gasteiger partial charge is 0.309 e. The lowest BCUT2D eigenvalue weighted by Crippen LogP contribution is -2.25. The van der Waals surface area contributed by atoms with Crippen molar-refractivity contribution in [3.05, 3.63) is 0 Å². The molecule has 0 rings (SSSR count). The summed E-state index contributed by atoms with van der Waals surface area (Å²) < 4.78 is 10.0. The summed E-state index contributed by atoms with van der Waals surface area (Å²) in [6.07, 6.45) is 1.32. The minimum Gasteiger partial charge on any atom is -0.463 e. The van der Waals surface area contributed by atoms with Crippen molar-refractivity contribution >= 4 is 23.5 Å². The number of carbonyl (C=O) groups is 2. The fourth-order valence-electron chi connectivity index (χ4n) is 1.19. The molecule has 0 heterocycles. The number of rotatable bonds is 8. The number of hydrogen-bond donors (Lipinski definition) is 0. The Balaban J connectivity index is 3.98. The molecule has 0 amide bonds. The summed E-state index contributed by atoms with van der Waals surface area (Å²) in [6, 6.07) is 0. The van der Waals surface area contributed by atoms with Crippen molar-refractivity contribution in [3.63, 3.8) is 0 Å². The summed E-state index contributed by atoms with van der Waals surface area (Å²) in [5.41, 5.74) is 0. The Morgan fingerprint density at radius 3 is 2.29 bits per heavy atom. The van der Waals surface area contributed by atoms with Crippen LogP contribution in [-0.4, -0.2) is 30.0 Å². The van der Waals surface area contributed by atoms with Crippen molar-refractivity contribution in [2.45, 2.75) is 58.7 Å². The third kappa shape index (κ3) is 8.98. The van der Waals surface area contributed by atoms with E-state index in [1.807, 2.05) is 6.92 Å². The van der Waals surface area contributed by atoms with Gasteiger partial charge in [0.05, 0.1) is 18.4 Å². The van der Waals surface area contributed by atoms with Crippen LogP contribution in [-0.2, 0) is 19.1 Å². The van der Waals surface area contributed by atoms with Gasteiger partial charge in [-0.15, -0.1) is 11.6 Å². The summed E-state index contributed by atoms with van der Waals surface area (Å²) in [5, 5.41) is 0. The van der Waals surface area contributed by atoms with Crippen molar-refractivity contribution in [2.75, 3.05) is 5.88 Å². The number of esters is 2. The van der Waals surface area contributed by atoms with Crippen molar-refractivity contribution in [1.82, 2.24) is 0 Å². The highest BCUT2D eigenvalue weighted by Crippen LogP contribution is 2.07. The standard InChI is InChI=1S/C12H21ClO4/c1-4-5-6-11(14)17-10(8-13)7-12(15)16-9(2)3/h9-10H,4-8H2,1-3H3. The molecule has 4 nitrogen and oxygen atoms in total. The van der Waals surface area contributed by atoms with Crippen molar-refractivity contribution < 1.29 is 19.1 Å². The van der Waals surface area contributed by atoms with E-state index in [9.17, 15) is 9.59 Å². The van der Waals surface area contributed by atoms with Crippen LogP contribution in [0.1, 0.15) is 46.5 Å². The van der Waals surface area contributed by atoms with Crippen LogP contribution in [0.25, 0.3) is 0 Å². The summed E-state index contributed by atoms with van der Waals surface area (Å²) in [5.74, 6) is -0.603. The SMILES string of the molecule is CCCCC(=O)OC(CCl)CC(=O)OC(C)C. The molecule has 0 radical (unpaired) electrons. The van der Waals surface area contributed by atoms with Gasteiger partial charge in [-0.3, -0.25) is 9.59 Å². The first-order valence-electron chi connectivity index (χ1n) is 5.94. The van der Waals surface area contributed by atoms with Crippen LogP contribution in [0, 0.1) is 0 Å². The highest BCUT2D eigenvalue weighted by Gasteiger charge is 2.18. The normalized spacial score (nSPS) is 12.3. The molecule has 0 aliphatic heterocycles. The van der Waals surface area contributed by atoms with Gasteiger partial charge in [0, 0.05) is 6.42 Å². The lowest BCUT2D eigenvalue weighted by atomic mass is 10.2. The number of unbranched alkanes of at least 4 members (excludes halogenated alkanes) is 1. The van der Waals surface area contributed by atoms with Crippen molar-refractivity contribution in [1.29, 1.82) is 0 Å². The summed E-state index contributed by atoms with van der Waals surface area (Å²) in [7, 11) is 0. The van der Waals surface area contributed by atoms with E-state index in [-0.39, 0.29) is 24.4 Å². The first-order valence-corrected chi connectivity index (χ1v) is 6.48. The van der Waals surface area contributed by atoms with Gasteiger partial charge in [-0.25, -0.2) is 0 Å². The molecule has 0 spiro atoms. The molecule has 0 aliphatic carbocycles. The minimum atomic E-state index is -0.590. The zero-order chi connectivity index (χ0) is 13.3. The Kier molecular flexibility index (Phi) is 8.86. The first kappa shape index (κ1) is 16.2. The van der Waals surface area contributed by atoms with Gasteiger partial charge >= 0.3 is 11.9 Å². The molecular weight excluding hydrogens is 244 g/mol. The topological polar surface area (TPSA) is 52.6 Å². The molecule has 5 heteroatoms. The average Bonchev–Trinajstić information content (AvgIpc) is 2.24. The fraction of sp³-hybridized carbons (Fsp3) is 0.833. The molecule has 0 aromatic heterocycles. The molecule has 0 aromatic carbocycles. The maximum absolute atomic E-state index is 11.3. The van der Waals surface area contributed by atoms with Crippen LogP contribution in [0.5, 0.6) is 0 Å². The molecule has 0 bridgehead atoms.